The lowest BCUT2D eigenvalue weighted by atomic mass is 9.93. The smallest absolute Gasteiger partial charge is 0.411 e. The average molecular weight is 675 g/mol. The molecule has 2 amide bonds. The van der Waals surface area contributed by atoms with Gasteiger partial charge in [-0.2, -0.15) is 0 Å². The Morgan fingerprint density at radius 1 is 0.792 bits per heavy atom. The second kappa shape index (κ2) is 18.1. The number of unbranched alkanes of at least 4 members (excludes halogenated alkanes) is 3. The van der Waals surface area contributed by atoms with Crippen LogP contribution in [0.15, 0.2) is 78.9 Å². The van der Waals surface area contributed by atoms with Crippen LogP contribution in [0.25, 0.3) is 11.1 Å². The van der Waals surface area contributed by atoms with E-state index < -0.39 is 20.5 Å². The SMILES string of the molecule is CC(C)(C)[Si](C)(C)OCCCCCCOc1ccc(-c2ccccc2)c(NC(=O)OC2CCC(NC(=O)OCc3ccccc3)CC2)c1. The van der Waals surface area contributed by atoms with Crippen LogP contribution in [-0.2, 0) is 20.5 Å². The number of alkyl carbamates (subject to hydrolysis) is 1. The molecule has 0 aromatic heterocycles. The highest BCUT2D eigenvalue weighted by Gasteiger charge is 2.36. The van der Waals surface area contributed by atoms with E-state index in [9.17, 15) is 9.59 Å². The quantitative estimate of drug-likeness (QED) is 0.123. The molecular formula is C39H54N2O6Si. The van der Waals surface area contributed by atoms with Crippen molar-refractivity contribution in [2.45, 2.75) is 109 Å². The summed E-state index contributed by atoms with van der Waals surface area (Å²) in [6.07, 6.45) is 5.79. The van der Waals surface area contributed by atoms with Crippen molar-refractivity contribution < 1.29 is 28.2 Å². The Kier molecular flexibility index (Phi) is 13.9. The van der Waals surface area contributed by atoms with Gasteiger partial charge in [0.1, 0.15) is 18.5 Å². The van der Waals surface area contributed by atoms with Crippen molar-refractivity contribution in [2.75, 3.05) is 18.5 Å². The van der Waals surface area contributed by atoms with E-state index in [0.717, 1.165) is 49.0 Å². The molecule has 0 saturated heterocycles. The highest BCUT2D eigenvalue weighted by atomic mass is 28.4. The highest BCUT2D eigenvalue weighted by molar-refractivity contribution is 6.74. The number of hydrogen-bond donors (Lipinski definition) is 2. The van der Waals surface area contributed by atoms with Gasteiger partial charge in [0, 0.05) is 24.3 Å². The summed E-state index contributed by atoms with van der Waals surface area (Å²) >= 11 is 0. The van der Waals surface area contributed by atoms with Crippen LogP contribution in [0.1, 0.15) is 77.7 Å². The molecule has 4 rings (SSSR count). The first-order valence-electron chi connectivity index (χ1n) is 17.4. The van der Waals surface area contributed by atoms with Crippen LogP contribution in [0.4, 0.5) is 15.3 Å². The zero-order chi connectivity index (χ0) is 34.4. The number of ether oxygens (including phenoxy) is 3. The van der Waals surface area contributed by atoms with Crippen molar-refractivity contribution >= 4 is 26.2 Å². The second-order valence-corrected chi connectivity index (χ2v) is 19.0. The lowest BCUT2D eigenvalue weighted by Crippen LogP contribution is -2.40. The molecule has 0 bridgehead atoms. The number of hydrogen-bond acceptors (Lipinski definition) is 6. The van der Waals surface area contributed by atoms with E-state index in [2.05, 4.69) is 44.5 Å². The van der Waals surface area contributed by atoms with Gasteiger partial charge in [-0.1, -0.05) is 87.9 Å². The van der Waals surface area contributed by atoms with E-state index >= 15 is 0 Å². The van der Waals surface area contributed by atoms with Gasteiger partial charge in [-0.15, -0.1) is 0 Å². The molecule has 48 heavy (non-hydrogen) atoms. The third-order valence-corrected chi connectivity index (χ3v) is 13.9. The molecule has 1 aliphatic carbocycles. The number of nitrogens with one attached hydrogen (secondary N) is 2. The largest absolute Gasteiger partial charge is 0.494 e. The third kappa shape index (κ3) is 12.0. The van der Waals surface area contributed by atoms with Crippen LogP contribution in [0.5, 0.6) is 5.75 Å². The molecule has 3 aromatic carbocycles. The highest BCUT2D eigenvalue weighted by Crippen LogP contribution is 2.37. The Morgan fingerprint density at radius 2 is 1.44 bits per heavy atom. The summed E-state index contributed by atoms with van der Waals surface area (Å²) < 4.78 is 23.6. The molecule has 3 aromatic rings. The lowest BCUT2D eigenvalue weighted by Gasteiger charge is -2.36. The van der Waals surface area contributed by atoms with Crippen molar-refractivity contribution in [3.8, 4) is 16.9 Å². The summed E-state index contributed by atoms with van der Waals surface area (Å²) in [4.78, 5) is 25.4. The van der Waals surface area contributed by atoms with E-state index in [0.29, 0.717) is 43.7 Å². The zero-order valence-corrected chi connectivity index (χ0v) is 30.4. The van der Waals surface area contributed by atoms with Gasteiger partial charge in [0.05, 0.1) is 12.3 Å². The fourth-order valence-corrected chi connectivity index (χ4v) is 6.51. The molecule has 0 radical (unpaired) electrons. The van der Waals surface area contributed by atoms with Crippen molar-refractivity contribution in [1.82, 2.24) is 5.32 Å². The zero-order valence-electron chi connectivity index (χ0n) is 29.4. The number of amides is 2. The third-order valence-electron chi connectivity index (χ3n) is 9.37. The van der Waals surface area contributed by atoms with E-state index in [1.165, 1.54) is 0 Å². The summed E-state index contributed by atoms with van der Waals surface area (Å²) in [5.41, 5.74) is 3.47. The van der Waals surface area contributed by atoms with Crippen LogP contribution < -0.4 is 15.4 Å². The van der Waals surface area contributed by atoms with E-state index in [-0.39, 0.29) is 23.8 Å². The van der Waals surface area contributed by atoms with Crippen LogP contribution in [0, 0.1) is 0 Å². The van der Waals surface area contributed by atoms with Crippen LogP contribution in [0.2, 0.25) is 18.1 Å². The maximum atomic E-state index is 13.1. The fraction of sp³-hybridized carbons (Fsp3) is 0.487. The molecule has 2 N–H and O–H groups in total. The first-order valence-corrected chi connectivity index (χ1v) is 20.3. The molecular weight excluding hydrogens is 621 g/mol. The second-order valence-electron chi connectivity index (χ2n) is 14.2. The minimum absolute atomic E-state index is 0.00897. The molecule has 0 heterocycles. The minimum Gasteiger partial charge on any atom is -0.494 e. The predicted octanol–water partition coefficient (Wildman–Crippen LogP) is 10.1. The molecule has 0 aliphatic heterocycles. The molecule has 1 aliphatic rings. The molecule has 0 atom stereocenters. The number of carbonyl (C=O) groups excluding carboxylic acids is 2. The number of carbonyl (C=O) groups is 2. The number of rotatable bonds is 15. The monoisotopic (exact) mass is 674 g/mol. The molecule has 8 nitrogen and oxygen atoms in total. The predicted molar refractivity (Wildman–Crippen MR) is 195 cm³/mol. The van der Waals surface area contributed by atoms with Crippen molar-refractivity contribution in [3.05, 3.63) is 84.4 Å². The standard InChI is InChI=1S/C39H54N2O6Si/c1-39(2,3)48(4,5)46-27-15-7-6-14-26-44-34-24-25-35(31-18-12-9-13-19-31)36(28-34)41-38(43)47-33-22-20-32(21-23-33)40-37(42)45-29-30-16-10-8-11-17-30/h8-13,16-19,24-25,28,32-33H,6-7,14-15,20-23,26-27,29H2,1-5H3,(H,40,42)(H,41,43). The topological polar surface area (TPSA) is 95.1 Å². The fourth-order valence-electron chi connectivity index (χ4n) is 5.42. The van der Waals surface area contributed by atoms with Gasteiger partial charge in [0.2, 0.25) is 0 Å². The Hall–Kier alpha value is -3.82. The van der Waals surface area contributed by atoms with Gasteiger partial charge >= 0.3 is 12.2 Å². The lowest BCUT2D eigenvalue weighted by molar-refractivity contribution is 0.0761. The van der Waals surface area contributed by atoms with E-state index in [4.69, 9.17) is 18.6 Å². The van der Waals surface area contributed by atoms with Gasteiger partial charge < -0.3 is 24.0 Å². The Bertz CT molecular complexity index is 1420. The Balaban J connectivity index is 1.21. The van der Waals surface area contributed by atoms with Crippen LogP contribution in [0.3, 0.4) is 0 Å². The van der Waals surface area contributed by atoms with Gasteiger partial charge in [0.15, 0.2) is 8.32 Å². The molecule has 260 valence electrons. The van der Waals surface area contributed by atoms with Crippen molar-refractivity contribution in [1.29, 1.82) is 0 Å². The summed E-state index contributed by atoms with van der Waals surface area (Å²) in [6, 6.07) is 25.3. The van der Waals surface area contributed by atoms with E-state index in [1.807, 2.05) is 78.9 Å². The van der Waals surface area contributed by atoms with Gasteiger partial charge in [-0.25, -0.2) is 9.59 Å². The summed E-state index contributed by atoms with van der Waals surface area (Å²) in [7, 11) is -1.69. The number of benzene rings is 3. The molecule has 0 spiro atoms. The molecule has 0 unspecified atom stereocenters. The maximum absolute atomic E-state index is 13.1. The first-order chi connectivity index (χ1) is 23.0. The van der Waals surface area contributed by atoms with Crippen LogP contribution in [-0.4, -0.2) is 45.9 Å². The maximum Gasteiger partial charge on any atom is 0.411 e. The Labute approximate surface area is 288 Å². The summed E-state index contributed by atoms with van der Waals surface area (Å²) in [5.74, 6) is 0.706. The molecule has 9 heteroatoms. The summed E-state index contributed by atoms with van der Waals surface area (Å²) in [6.45, 7) is 13.1. The van der Waals surface area contributed by atoms with Gasteiger partial charge in [-0.05, 0) is 86.3 Å². The van der Waals surface area contributed by atoms with Crippen LogP contribution >= 0.6 is 0 Å². The van der Waals surface area contributed by atoms with E-state index in [1.54, 1.807) is 0 Å². The normalized spacial score (nSPS) is 16.5. The van der Waals surface area contributed by atoms with Gasteiger partial charge in [0.25, 0.3) is 0 Å². The molecule has 1 saturated carbocycles. The average Bonchev–Trinajstić information content (AvgIpc) is 3.06. The minimum atomic E-state index is -1.69. The Morgan fingerprint density at radius 3 is 2.10 bits per heavy atom. The molecule has 1 fully saturated rings. The first kappa shape index (κ1) is 37.0. The van der Waals surface area contributed by atoms with Crippen molar-refractivity contribution in [3.63, 3.8) is 0 Å². The van der Waals surface area contributed by atoms with Gasteiger partial charge in [-0.3, -0.25) is 5.32 Å². The number of anilines is 1. The summed E-state index contributed by atoms with van der Waals surface area (Å²) in [5, 5.41) is 6.16. The van der Waals surface area contributed by atoms with Crippen molar-refractivity contribution in [2.24, 2.45) is 0 Å².